The number of nitrogens with zero attached hydrogens (tertiary/aromatic N) is 2. The third-order valence-corrected chi connectivity index (χ3v) is 5.71. The maximum atomic E-state index is 12.7. The standard InChI is InChI=1S/C16H24N2O2S/c1-2-14-13-6-10-21-15(13)5-9-18(14)16(20)11-17-7-3-12(19)4-8-17/h6,10,12,14,19H,2-5,7-9,11H2,1H3. The highest BCUT2D eigenvalue weighted by Crippen LogP contribution is 2.35. The van der Waals surface area contributed by atoms with E-state index < -0.39 is 0 Å². The first kappa shape index (κ1) is 15.0. The van der Waals surface area contributed by atoms with Gasteiger partial charge in [-0.2, -0.15) is 0 Å². The molecular weight excluding hydrogens is 284 g/mol. The van der Waals surface area contributed by atoms with Gasteiger partial charge in [0.25, 0.3) is 0 Å². The molecule has 0 radical (unpaired) electrons. The Hall–Kier alpha value is -0.910. The van der Waals surface area contributed by atoms with Gasteiger partial charge in [-0.15, -0.1) is 11.3 Å². The molecule has 1 unspecified atom stereocenters. The summed E-state index contributed by atoms with van der Waals surface area (Å²) >= 11 is 1.82. The van der Waals surface area contributed by atoms with Gasteiger partial charge in [0.1, 0.15) is 0 Å². The van der Waals surface area contributed by atoms with E-state index in [4.69, 9.17) is 0 Å². The highest BCUT2D eigenvalue weighted by atomic mass is 32.1. The molecule has 0 aliphatic carbocycles. The van der Waals surface area contributed by atoms with E-state index in [2.05, 4.69) is 28.2 Å². The number of amides is 1. The minimum Gasteiger partial charge on any atom is -0.393 e. The maximum absolute atomic E-state index is 12.7. The predicted molar refractivity (Wildman–Crippen MR) is 84.4 cm³/mol. The van der Waals surface area contributed by atoms with Crippen molar-refractivity contribution in [3.63, 3.8) is 0 Å². The molecule has 4 nitrogen and oxygen atoms in total. The van der Waals surface area contributed by atoms with Crippen LogP contribution in [0.2, 0.25) is 0 Å². The molecule has 0 bridgehead atoms. The summed E-state index contributed by atoms with van der Waals surface area (Å²) in [6.45, 7) is 5.18. The van der Waals surface area contributed by atoms with E-state index in [-0.39, 0.29) is 18.1 Å². The zero-order valence-corrected chi connectivity index (χ0v) is 13.4. The second-order valence-corrected chi connectivity index (χ2v) is 7.07. The van der Waals surface area contributed by atoms with Crippen LogP contribution in [0.3, 0.4) is 0 Å². The molecule has 2 aliphatic rings. The molecule has 0 saturated carbocycles. The number of hydrogen-bond acceptors (Lipinski definition) is 4. The minimum absolute atomic E-state index is 0.178. The van der Waals surface area contributed by atoms with E-state index in [1.54, 1.807) is 0 Å². The van der Waals surface area contributed by atoms with E-state index in [1.807, 2.05) is 11.3 Å². The van der Waals surface area contributed by atoms with Crippen molar-refractivity contribution < 1.29 is 9.90 Å². The highest BCUT2D eigenvalue weighted by molar-refractivity contribution is 7.10. The minimum atomic E-state index is -0.178. The number of thiophene rings is 1. The first-order chi connectivity index (χ1) is 10.2. The quantitative estimate of drug-likeness (QED) is 0.929. The monoisotopic (exact) mass is 308 g/mol. The zero-order valence-electron chi connectivity index (χ0n) is 12.6. The van der Waals surface area contributed by atoms with E-state index in [0.717, 1.165) is 45.3 Å². The number of carbonyl (C=O) groups is 1. The Kier molecular flexibility index (Phi) is 4.62. The van der Waals surface area contributed by atoms with Gasteiger partial charge in [0.2, 0.25) is 5.91 Å². The van der Waals surface area contributed by atoms with Crippen LogP contribution in [-0.4, -0.2) is 53.1 Å². The first-order valence-electron chi connectivity index (χ1n) is 7.95. The molecular formula is C16H24N2O2S. The highest BCUT2D eigenvalue weighted by Gasteiger charge is 2.31. The van der Waals surface area contributed by atoms with Crippen molar-refractivity contribution in [2.75, 3.05) is 26.2 Å². The molecule has 3 rings (SSSR count). The average molecular weight is 308 g/mol. The van der Waals surface area contributed by atoms with Gasteiger partial charge in [-0.3, -0.25) is 9.69 Å². The summed E-state index contributed by atoms with van der Waals surface area (Å²) in [6, 6.07) is 2.44. The summed E-state index contributed by atoms with van der Waals surface area (Å²) in [7, 11) is 0. The van der Waals surface area contributed by atoms with Crippen LogP contribution >= 0.6 is 11.3 Å². The summed E-state index contributed by atoms with van der Waals surface area (Å²) < 4.78 is 0. The SMILES string of the molecule is CCC1c2ccsc2CCN1C(=O)CN1CCC(O)CC1. The predicted octanol–water partition coefficient (Wildman–Crippen LogP) is 2.04. The summed E-state index contributed by atoms with van der Waals surface area (Å²) in [5.41, 5.74) is 1.36. The summed E-state index contributed by atoms with van der Waals surface area (Å²) in [6.07, 6.45) is 3.38. The van der Waals surface area contributed by atoms with E-state index in [1.165, 1.54) is 10.4 Å². The molecule has 1 atom stereocenters. The van der Waals surface area contributed by atoms with Crippen molar-refractivity contribution in [1.82, 2.24) is 9.80 Å². The Morgan fingerprint density at radius 2 is 2.14 bits per heavy atom. The Morgan fingerprint density at radius 1 is 1.38 bits per heavy atom. The zero-order chi connectivity index (χ0) is 14.8. The number of carbonyl (C=O) groups excluding carboxylic acids is 1. The van der Waals surface area contributed by atoms with Crippen LogP contribution < -0.4 is 0 Å². The van der Waals surface area contributed by atoms with Gasteiger partial charge < -0.3 is 10.0 Å². The number of aliphatic hydroxyl groups excluding tert-OH is 1. The molecule has 0 aromatic carbocycles. The third kappa shape index (κ3) is 3.15. The maximum Gasteiger partial charge on any atom is 0.237 e. The fourth-order valence-corrected chi connectivity index (χ4v) is 4.42. The molecule has 1 amide bonds. The van der Waals surface area contributed by atoms with Gasteiger partial charge in [0, 0.05) is 24.5 Å². The Morgan fingerprint density at radius 3 is 2.86 bits per heavy atom. The molecule has 1 aromatic heterocycles. The second-order valence-electron chi connectivity index (χ2n) is 6.07. The number of aliphatic hydroxyl groups is 1. The largest absolute Gasteiger partial charge is 0.393 e. The number of piperidine rings is 1. The van der Waals surface area contributed by atoms with Crippen LogP contribution in [0.25, 0.3) is 0 Å². The lowest BCUT2D eigenvalue weighted by atomic mass is 9.97. The van der Waals surface area contributed by atoms with E-state index >= 15 is 0 Å². The van der Waals surface area contributed by atoms with Crippen LogP contribution in [-0.2, 0) is 11.2 Å². The Labute approximate surface area is 130 Å². The Bertz CT molecular complexity index is 494. The summed E-state index contributed by atoms with van der Waals surface area (Å²) in [5.74, 6) is 0.245. The normalized spacial score (nSPS) is 24.1. The summed E-state index contributed by atoms with van der Waals surface area (Å²) in [5, 5.41) is 11.7. The molecule has 1 saturated heterocycles. The van der Waals surface area contributed by atoms with Crippen molar-refractivity contribution in [3.8, 4) is 0 Å². The molecule has 5 heteroatoms. The molecule has 1 fully saturated rings. The molecule has 3 heterocycles. The lowest BCUT2D eigenvalue weighted by Crippen LogP contribution is -2.47. The smallest absolute Gasteiger partial charge is 0.237 e. The molecule has 116 valence electrons. The number of rotatable bonds is 3. The van der Waals surface area contributed by atoms with Crippen LogP contribution in [0.4, 0.5) is 0 Å². The first-order valence-corrected chi connectivity index (χ1v) is 8.83. The molecule has 1 aromatic rings. The lowest BCUT2D eigenvalue weighted by molar-refractivity contribution is -0.136. The van der Waals surface area contributed by atoms with Gasteiger partial charge in [0.05, 0.1) is 18.7 Å². The number of hydrogen-bond donors (Lipinski definition) is 1. The molecule has 1 N–H and O–H groups in total. The van der Waals surface area contributed by atoms with Crippen LogP contribution in [0.15, 0.2) is 11.4 Å². The van der Waals surface area contributed by atoms with Crippen LogP contribution in [0.5, 0.6) is 0 Å². The van der Waals surface area contributed by atoms with Crippen LogP contribution in [0, 0.1) is 0 Å². The van der Waals surface area contributed by atoms with Crippen molar-refractivity contribution in [1.29, 1.82) is 0 Å². The van der Waals surface area contributed by atoms with Gasteiger partial charge in [-0.1, -0.05) is 6.92 Å². The number of fused-ring (bicyclic) bond motifs is 1. The molecule has 2 aliphatic heterocycles. The van der Waals surface area contributed by atoms with Gasteiger partial charge in [0.15, 0.2) is 0 Å². The van der Waals surface area contributed by atoms with Crippen molar-refractivity contribution in [3.05, 3.63) is 21.9 Å². The lowest BCUT2D eigenvalue weighted by Gasteiger charge is -2.37. The van der Waals surface area contributed by atoms with Gasteiger partial charge >= 0.3 is 0 Å². The van der Waals surface area contributed by atoms with E-state index in [9.17, 15) is 9.90 Å². The second kappa shape index (κ2) is 6.46. The third-order valence-electron chi connectivity index (χ3n) is 4.72. The van der Waals surface area contributed by atoms with Gasteiger partial charge in [-0.05, 0) is 42.7 Å². The van der Waals surface area contributed by atoms with Crippen molar-refractivity contribution in [2.24, 2.45) is 0 Å². The molecule has 0 spiro atoms. The fourth-order valence-electron chi connectivity index (χ4n) is 3.49. The molecule has 21 heavy (non-hydrogen) atoms. The van der Waals surface area contributed by atoms with Crippen molar-refractivity contribution >= 4 is 17.2 Å². The van der Waals surface area contributed by atoms with Crippen LogP contribution in [0.1, 0.15) is 42.7 Å². The Balaban J connectivity index is 1.64. The van der Waals surface area contributed by atoms with Gasteiger partial charge in [-0.25, -0.2) is 0 Å². The fraction of sp³-hybridized carbons (Fsp3) is 0.688. The number of likely N-dealkylation sites (tertiary alicyclic amines) is 1. The summed E-state index contributed by atoms with van der Waals surface area (Å²) in [4.78, 5) is 18.4. The van der Waals surface area contributed by atoms with Crippen molar-refractivity contribution in [2.45, 2.75) is 44.8 Å². The van der Waals surface area contributed by atoms with E-state index in [0.29, 0.717) is 6.54 Å². The topological polar surface area (TPSA) is 43.8 Å². The average Bonchev–Trinajstić information content (AvgIpc) is 2.97.